The van der Waals surface area contributed by atoms with Crippen LogP contribution in [0.2, 0.25) is 0 Å². The van der Waals surface area contributed by atoms with Gasteiger partial charge in [0.15, 0.2) is 15.8 Å². The Balaban J connectivity index is 1.68. The fourth-order valence-electron chi connectivity index (χ4n) is 3.50. The van der Waals surface area contributed by atoms with Gasteiger partial charge in [-0.3, -0.25) is 4.99 Å². The van der Waals surface area contributed by atoms with Gasteiger partial charge in [-0.15, -0.1) is 0 Å². The van der Waals surface area contributed by atoms with Gasteiger partial charge in [-0.2, -0.15) is 0 Å². The number of hydrogen-bond acceptors (Lipinski definition) is 4. The minimum Gasteiger partial charge on any atom is -0.356 e. The van der Waals surface area contributed by atoms with Crippen LogP contribution in [0.1, 0.15) is 37.7 Å². The van der Waals surface area contributed by atoms with E-state index in [1.165, 1.54) is 38.4 Å². The number of rotatable bonds is 8. The van der Waals surface area contributed by atoms with Gasteiger partial charge in [0.1, 0.15) is 0 Å². The van der Waals surface area contributed by atoms with E-state index in [4.69, 9.17) is 0 Å². The lowest BCUT2D eigenvalue weighted by molar-refractivity contribution is 0.194. The van der Waals surface area contributed by atoms with Gasteiger partial charge in [-0.1, -0.05) is 31.4 Å². The Morgan fingerprint density at radius 2 is 1.74 bits per heavy atom. The molecule has 0 heterocycles. The first-order chi connectivity index (χ1) is 12.9. The third-order valence-electron chi connectivity index (χ3n) is 5.24. The van der Waals surface area contributed by atoms with Crippen LogP contribution >= 0.6 is 0 Å². The molecule has 1 aliphatic rings. The molecule has 2 N–H and O–H groups in total. The summed E-state index contributed by atoms with van der Waals surface area (Å²) in [5.74, 6) is 0.805. The molecule has 0 bridgehead atoms. The number of guanidine groups is 1. The standard InChI is InChI=1S/C20H34N4O2S/c1-21-20(23-15-16-24(2)18-7-5-4-6-8-18)22-14-13-17-9-11-19(12-10-17)27(3,25)26/h9-12,18H,4-8,13-16H2,1-3H3,(H2,21,22,23). The molecule has 0 radical (unpaired) electrons. The summed E-state index contributed by atoms with van der Waals surface area (Å²) in [6, 6.07) is 7.80. The molecular formula is C20H34N4O2S. The fourth-order valence-corrected chi connectivity index (χ4v) is 4.13. The van der Waals surface area contributed by atoms with Gasteiger partial charge in [-0.05, 0) is 44.0 Å². The van der Waals surface area contributed by atoms with E-state index in [2.05, 4.69) is 27.6 Å². The second-order valence-corrected chi connectivity index (χ2v) is 9.38. The van der Waals surface area contributed by atoms with Gasteiger partial charge in [-0.25, -0.2) is 8.42 Å². The Morgan fingerprint density at radius 3 is 2.33 bits per heavy atom. The molecule has 0 spiro atoms. The second kappa shape index (κ2) is 10.7. The zero-order valence-corrected chi connectivity index (χ0v) is 17.7. The number of sulfone groups is 1. The van der Waals surface area contributed by atoms with Crippen LogP contribution < -0.4 is 10.6 Å². The van der Waals surface area contributed by atoms with E-state index in [1.54, 1.807) is 19.2 Å². The van der Waals surface area contributed by atoms with Crippen molar-refractivity contribution in [3.63, 3.8) is 0 Å². The number of likely N-dealkylation sites (N-methyl/N-ethyl adjacent to an activating group) is 1. The normalized spacial score (nSPS) is 16.5. The number of benzene rings is 1. The maximum absolute atomic E-state index is 11.5. The van der Waals surface area contributed by atoms with Gasteiger partial charge < -0.3 is 15.5 Å². The van der Waals surface area contributed by atoms with Crippen molar-refractivity contribution >= 4 is 15.8 Å². The van der Waals surface area contributed by atoms with Crippen molar-refractivity contribution in [1.82, 2.24) is 15.5 Å². The summed E-state index contributed by atoms with van der Waals surface area (Å²) in [6.45, 7) is 2.63. The van der Waals surface area contributed by atoms with Crippen molar-refractivity contribution in [2.24, 2.45) is 4.99 Å². The zero-order valence-electron chi connectivity index (χ0n) is 16.9. The van der Waals surface area contributed by atoms with E-state index in [0.717, 1.165) is 43.6 Å². The summed E-state index contributed by atoms with van der Waals surface area (Å²) in [7, 11) is 0.863. The Kier molecular flexibility index (Phi) is 8.57. The lowest BCUT2D eigenvalue weighted by Gasteiger charge is -2.31. The number of aliphatic imine (C=N–C) groups is 1. The van der Waals surface area contributed by atoms with Gasteiger partial charge in [0.2, 0.25) is 0 Å². The van der Waals surface area contributed by atoms with Crippen LogP contribution in [-0.2, 0) is 16.3 Å². The smallest absolute Gasteiger partial charge is 0.191 e. The van der Waals surface area contributed by atoms with Crippen molar-refractivity contribution < 1.29 is 8.42 Å². The van der Waals surface area contributed by atoms with Crippen LogP contribution in [0.5, 0.6) is 0 Å². The monoisotopic (exact) mass is 394 g/mol. The first-order valence-electron chi connectivity index (χ1n) is 9.84. The minimum absolute atomic E-state index is 0.360. The van der Waals surface area contributed by atoms with Crippen LogP contribution in [0.25, 0.3) is 0 Å². The molecule has 1 fully saturated rings. The third-order valence-corrected chi connectivity index (χ3v) is 6.36. The largest absolute Gasteiger partial charge is 0.356 e. The molecule has 1 aromatic carbocycles. The molecule has 0 unspecified atom stereocenters. The van der Waals surface area contributed by atoms with Crippen LogP contribution in [0, 0.1) is 0 Å². The second-order valence-electron chi connectivity index (χ2n) is 7.36. The predicted molar refractivity (Wildman–Crippen MR) is 112 cm³/mol. The first-order valence-corrected chi connectivity index (χ1v) is 11.7. The minimum atomic E-state index is -3.13. The fraction of sp³-hybridized carbons (Fsp3) is 0.650. The van der Waals surface area contributed by atoms with Gasteiger partial charge in [0.05, 0.1) is 4.90 Å². The van der Waals surface area contributed by atoms with Crippen molar-refractivity contribution in [1.29, 1.82) is 0 Å². The molecule has 6 nitrogen and oxygen atoms in total. The van der Waals surface area contributed by atoms with Crippen molar-refractivity contribution in [3.8, 4) is 0 Å². The summed E-state index contributed by atoms with van der Waals surface area (Å²) in [4.78, 5) is 7.09. The van der Waals surface area contributed by atoms with E-state index in [-0.39, 0.29) is 0 Å². The van der Waals surface area contributed by atoms with Crippen molar-refractivity contribution in [2.45, 2.75) is 49.5 Å². The van der Waals surface area contributed by atoms with Gasteiger partial charge >= 0.3 is 0 Å². The van der Waals surface area contributed by atoms with Crippen LogP contribution in [0.3, 0.4) is 0 Å². The molecule has 0 amide bonds. The molecule has 152 valence electrons. The summed E-state index contributed by atoms with van der Waals surface area (Å²) in [5.41, 5.74) is 1.10. The summed E-state index contributed by atoms with van der Waals surface area (Å²) < 4.78 is 23.0. The third kappa shape index (κ3) is 7.50. The lowest BCUT2D eigenvalue weighted by atomic mass is 9.94. The summed E-state index contributed by atoms with van der Waals surface area (Å²) in [5, 5.41) is 6.69. The van der Waals surface area contributed by atoms with E-state index < -0.39 is 9.84 Å². The van der Waals surface area contributed by atoms with E-state index in [9.17, 15) is 8.42 Å². The molecule has 1 aliphatic carbocycles. The Morgan fingerprint density at radius 1 is 1.11 bits per heavy atom. The average molecular weight is 395 g/mol. The highest BCUT2D eigenvalue weighted by atomic mass is 32.2. The molecule has 0 saturated heterocycles. The first kappa shape index (κ1) is 21.7. The van der Waals surface area contributed by atoms with E-state index >= 15 is 0 Å². The Labute approximate surface area is 164 Å². The molecule has 1 aromatic rings. The van der Waals surface area contributed by atoms with E-state index in [0.29, 0.717) is 4.90 Å². The van der Waals surface area contributed by atoms with Gasteiger partial charge in [0.25, 0.3) is 0 Å². The Hall–Kier alpha value is -1.60. The maximum atomic E-state index is 11.5. The van der Waals surface area contributed by atoms with Gasteiger partial charge in [0, 0.05) is 39.0 Å². The summed E-state index contributed by atoms with van der Waals surface area (Å²) >= 11 is 0. The van der Waals surface area contributed by atoms with Crippen LogP contribution in [-0.4, -0.2) is 65.3 Å². The highest BCUT2D eigenvalue weighted by molar-refractivity contribution is 7.90. The molecule has 0 aromatic heterocycles. The SMILES string of the molecule is CN=C(NCCc1ccc(S(C)(=O)=O)cc1)NCCN(C)C1CCCCC1. The highest BCUT2D eigenvalue weighted by Crippen LogP contribution is 2.21. The van der Waals surface area contributed by atoms with Crippen LogP contribution in [0.4, 0.5) is 0 Å². The molecule has 1 saturated carbocycles. The number of nitrogens with zero attached hydrogens (tertiary/aromatic N) is 2. The number of hydrogen-bond donors (Lipinski definition) is 2. The Bertz CT molecular complexity index is 695. The van der Waals surface area contributed by atoms with Crippen molar-refractivity contribution in [2.75, 3.05) is 40.0 Å². The molecule has 0 aliphatic heterocycles. The highest BCUT2D eigenvalue weighted by Gasteiger charge is 2.17. The van der Waals surface area contributed by atoms with Crippen LogP contribution in [0.15, 0.2) is 34.2 Å². The van der Waals surface area contributed by atoms with Crippen molar-refractivity contribution in [3.05, 3.63) is 29.8 Å². The average Bonchev–Trinajstić information content (AvgIpc) is 2.67. The molecule has 7 heteroatoms. The molecule has 0 atom stereocenters. The predicted octanol–water partition coefficient (Wildman–Crippen LogP) is 2.06. The topological polar surface area (TPSA) is 73.8 Å². The number of nitrogens with one attached hydrogen (secondary N) is 2. The molecule has 2 rings (SSSR count). The quantitative estimate of drug-likeness (QED) is 0.522. The molecular weight excluding hydrogens is 360 g/mol. The van der Waals surface area contributed by atoms with E-state index in [1.807, 2.05) is 12.1 Å². The lowest BCUT2D eigenvalue weighted by Crippen LogP contribution is -2.43. The maximum Gasteiger partial charge on any atom is 0.191 e. The molecule has 27 heavy (non-hydrogen) atoms. The zero-order chi connectivity index (χ0) is 19.7. The summed E-state index contributed by atoms with van der Waals surface area (Å²) in [6.07, 6.45) is 8.78.